The van der Waals surface area contributed by atoms with Crippen LogP contribution in [0.25, 0.3) is 0 Å². The molecular formula is C14H11Cl3N2O3. The molecule has 22 heavy (non-hydrogen) atoms. The number of carbonyl (C=O) groups is 1. The zero-order valence-corrected chi connectivity index (χ0v) is 13.9. The predicted molar refractivity (Wildman–Crippen MR) is 87.0 cm³/mol. The van der Waals surface area contributed by atoms with Crippen molar-refractivity contribution < 1.29 is 9.21 Å². The number of amides is 1. The van der Waals surface area contributed by atoms with Crippen LogP contribution >= 0.6 is 34.8 Å². The summed E-state index contributed by atoms with van der Waals surface area (Å²) in [5.41, 5.74) is 5.65. The molecule has 0 unspecified atom stereocenters. The zero-order chi connectivity index (χ0) is 16.4. The highest BCUT2D eigenvalue weighted by molar-refractivity contribution is 6.41. The lowest BCUT2D eigenvalue weighted by atomic mass is 10.1. The van der Waals surface area contributed by atoms with E-state index in [1.807, 2.05) is 0 Å². The van der Waals surface area contributed by atoms with Crippen molar-refractivity contribution in [2.24, 2.45) is 0 Å². The number of rotatable bonds is 3. The van der Waals surface area contributed by atoms with Gasteiger partial charge in [0.05, 0.1) is 21.3 Å². The second-order valence-corrected chi connectivity index (χ2v) is 5.75. The van der Waals surface area contributed by atoms with Gasteiger partial charge in [-0.1, -0.05) is 34.8 Å². The second-order valence-electron chi connectivity index (χ2n) is 4.50. The molecule has 0 saturated heterocycles. The first-order valence-electron chi connectivity index (χ1n) is 6.12. The number of nitrogens with one attached hydrogen (secondary N) is 2. The number of aryl methyl sites for hydroxylation is 2. The van der Waals surface area contributed by atoms with Crippen LogP contribution in [0.3, 0.4) is 0 Å². The molecule has 0 aliphatic rings. The van der Waals surface area contributed by atoms with Crippen molar-refractivity contribution in [1.82, 2.24) is 5.43 Å². The lowest BCUT2D eigenvalue weighted by Crippen LogP contribution is -2.31. The summed E-state index contributed by atoms with van der Waals surface area (Å²) in [5.74, 6) is -0.265. The summed E-state index contributed by atoms with van der Waals surface area (Å²) in [6.45, 7) is 3.17. The fraction of sp³-hybridized carbons (Fsp3) is 0.143. The first kappa shape index (κ1) is 16.7. The Morgan fingerprint density at radius 3 is 2.23 bits per heavy atom. The Hall–Kier alpha value is -1.69. The van der Waals surface area contributed by atoms with Crippen molar-refractivity contribution in [2.75, 3.05) is 5.43 Å². The molecule has 0 bridgehead atoms. The van der Waals surface area contributed by atoms with E-state index < -0.39 is 11.5 Å². The Bertz CT molecular complexity index is 753. The predicted octanol–water partition coefficient (Wildman–Crippen LogP) is 3.97. The fourth-order valence-corrected chi connectivity index (χ4v) is 2.85. The van der Waals surface area contributed by atoms with Gasteiger partial charge in [-0.15, -0.1) is 0 Å². The first-order chi connectivity index (χ1) is 10.3. The molecule has 0 aliphatic heterocycles. The number of halogens is 3. The largest absolute Gasteiger partial charge is 0.427 e. The number of hydrazine groups is 1. The van der Waals surface area contributed by atoms with Crippen LogP contribution in [-0.4, -0.2) is 5.91 Å². The number of hydrogen-bond acceptors (Lipinski definition) is 4. The van der Waals surface area contributed by atoms with Gasteiger partial charge in [-0.25, -0.2) is 4.79 Å². The van der Waals surface area contributed by atoms with Crippen molar-refractivity contribution in [3.05, 3.63) is 60.6 Å². The summed E-state index contributed by atoms with van der Waals surface area (Å²) in [6, 6.07) is 4.22. The molecule has 0 aliphatic carbocycles. The second kappa shape index (κ2) is 6.60. The van der Waals surface area contributed by atoms with Gasteiger partial charge in [-0.3, -0.25) is 15.6 Å². The maximum absolute atomic E-state index is 12.2. The molecule has 5 nitrogen and oxygen atoms in total. The molecule has 1 amide bonds. The maximum Gasteiger partial charge on any atom is 0.336 e. The van der Waals surface area contributed by atoms with E-state index in [9.17, 15) is 9.59 Å². The van der Waals surface area contributed by atoms with E-state index in [0.717, 1.165) is 0 Å². The number of carbonyl (C=O) groups excluding carboxylic acids is 1. The van der Waals surface area contributed by atoms with Gasteiger partial charge >= 0.3 is 5.63 Å². The smallest absolute Gasteiger partial charge is 0.336 e. The Labute approximate surface area is 141 Å². The Kier molecular flexibility index (Phi) is 5.01. The molecular weight excluding hydrogens is 351 g/mol. The van der Waals surface area contributed by atoms with Gasteiger partial charge in [0, 0.05) is 11.1 Å². The fourth-order valence-electron chi connectivity index (χ4n) is 1.94. The molecule has 0 saturated carbocycles. The molecule has 2 aromatic rings. The van der Waals surface area contributed by atoms with Crippen molar-refractivity contribution >= 4 is 46.4 Å². The molecule has 0 radical (unpaired) electrons. The van der Waals surface area contributed by atoms with Crippen LogP contribution in [0.15, 0.2) is 27.4 Å². The van der Waals surface area contributed by atoms with Gasteiger partial charge in [0.15, 0.2) is 0 Å². The van der Waals surface area contributed by atoms with Gasteiger partial charge in [-0.2, -0.15) is 0 Å². The molecule has 0 fully saturated rings. The average Bonchev–Trinajstić information content (AvgIpc) is 2.35. The highest BCUT2D eigenvalue weighted by Crippen LogP contribution is 2.33. The van der Waals surface area contributed by atoms with Crippen molar-refractivity contribution in [2.45, 2.75) is 13.8 Å². The van der Waals surface area contributed by atoms with Crippen LogP contribution in [0.2, 0.25) is 15.1 Å². The van der Waals surface area contributed by atoms with Gasteiger partial charge in [0.2, 0.25) is 0 Å². The molecule has 1 heterocycles. The van der Waals surface area contributed by atoms with Crippen LogP contribution < -0.4 is 16.5 Å². The van der Waals surface area contributed by atoms with E-state index in [1.54, 1.807) is 6.92 Å². The quantitative estimate of drug-likeness (QED) is 0.811. The summed E-state index contributed by atoms with van der Waals surface area (Å²) >= 11 is 17.8. The third kappa shape index (κ3) is 3.55. The van der Waals surface area contributed by atoms with Crippen LogP contribution in [0.5, 0.6) is 0 Å². The lowest BCUT2D eigenvalue weighted by molar-refractivity contribution is 0.0958. The molecule has 0 spiro atoms. The van der Waals surface area contributed by atoms with E-state index in [2.05, 4.69) is 10.9 Å². The minimum atomic E-state index is -0.511. The molecule has 8 heteroatoms. The van der Waals surface area contributed by atoms with Crippen molar-refractivity contribution in [3.63, 3.8) is 0 Å². The topological polar surface area (TPSA) is 71.3 Å². The van der Waals surface area contributed by atoms with Crippen LogP contribution in [0.1, 0.15) is 21.7 Å². The van der Waals surface area contributed by atoms with E-state index >= 15 is 0 Å². The van der Waals surface area contributed by atoms with Gasteiger partial charge in [0.25, 0.3) is 5.91 Å². The normalized spacial score (nSPS) is 10.4. The molecule has 1 aromatic heterocycles. The minimum absolute atomic E-state index is 0.220. The monoisotopic (exact) mass is 360 g/mol. The highest BCUT2D eigenvalue weighted by atomic mass is 35.5. The summed E-state index contributed by atoms with van der Waals surface area (Å²) < 4.78 is 4.91. The summed E-state index contributed by atoms with van der Waals surface area (Å²) in [4.78, 5) is 23.4. The zero-order valence-electron chi connectivity index (χ0n) is 11.6. The van der Waals surface area contributed by atoms with Gasteiger partial charge in [0.1, 0.15) is 5.76 Å². The lowest BCUT2D eigenvalue weighted by Gasteiger charge is -2.13. The minimum Gasteiger partial charge on any atom is -0.427 e. The van der Waals surface area contributed by atoms with E-state index in [1.165, 1.54) is 25.1 Å². The third-order valence-corrected chi connectivity index (χ3v) is 3.68. The third-order valence-electron chi connectivity index (χ3n) is 2.87. The summed E-state index contributed by atoms with van der Waals surface area (Å²) in [5, 5.41) is 0.889. The number of benzene rings is 1. The SMILES string of the molecule is Cc1cc(=O)oc(C)c1C(=O)NNc1c(Cl)cc(Cl)cc1Cl. The molecule has 1 aromatic carbocycles. The highest BCUT2D eigenvalue weighted by Gasteiger charge is 2.16. The van der Waals surface area contributed by atoms with E-state index in [-0.39, 0.29) is 21.4 Å². The number of anilines is 1. The molecule has 0 atom stereocenters. The maximum atomic E-state index is 12.2. The summed E-state index contributed by atoms with van der Waals surface area (Å²) in [7, 11) is 0. The molecule has 2 N–H and O–H groups in total. The van der Waals surface area contributed by atoms with Crippen molar-refractivity contribution in [1.29, 1.82) is 0 Å². The Morgan fingerprint density at radius 1 is 1.09 bits per heavy atom. The Balaban J connectivity index is 2.23. The van der Waals surface area contributed by atoms with Crippen LogP contribution in [-0.2, 0) is 0 Å². The van der Waals surface area contributed by atoms with E-state index in [0.29, 0.717) is 16.3 Å². The van der Waals surface area contributed by atoms with Gasteiger partial charge < -0.3 is 4.42 Å². The van der Waals surface area contributed by atoms with Crippen LogP contribution in [0.4, 0.5) is 5.69 Å². The molecule has 2 rings (SSSR count). The number of hydrogen-bond donors (Lipinski definition) is 2. The Morgan fingerprint density at radius 2 is 1.68 bits per heavy atom. The average molecular weight is 362 g/mol. The first-order valence-corrected chi connectivity index (χ1v) is 7.25. The molecule has 116 valence electrons. The van der Waals surface area contributed by atoms with E-state index in [4.69, 9.17) is 39.2 Å². The van der Waals surface area contributed by atoms with Gasteiger partial charge in [-0.05, 0) is 31.5 Å². The van der Waals surface area contributed by atoms with Crippen LogP contribution in [0, 0.1) is 13.8 Å². The standard InChI is InChI=1S/C14H11Cl3N2O3/c1-6-3-11(20)22-7(2)12(6)14(21)19-18-13-9(16)4-8(15)5-10(13)17/h3-5,18H,1-2H3,(H,19,21). The van der Waals surface area contributed by atoms with Crippen molar-refractivity contribution in [3.8, 4) is 0 Å². The summed E-state index contributed by atoms with van der Waals surface area (Å²) in [6.07, 6.45) is 0.